The molecule has 1 N–H and O–H groups in total. The van der Waals surface area contributed by atoms with Crippen molar-refractivity contribution in [1.29, 1.82) is 0 Å². The van der Waals surface area contributed by atoms with E-state index in [-0.39, 0.29) is 6.10 Å². The molecule has 2 fully saturated rings. The number of nitrogens with zero attached hydrogens (tertiary/aromatic N) is 2. The van der Waals surface area contributed by atoms with Crippen LogP contribution in [0.15, 0.2) is 24.3 Å². The monoisotopic (exact) mass is 392 g/mol. The van der Waals surface area contributed by atoms with Crippen molar-refractivity contribution in [2.75, 3.05) is 38.3 Å². The molecule has 2 aliphatic rings. The highest BCUT2D eigenvalue weighted by atomic mass is 16.7. The van der Waals surface area contributed by atoms with E-state index in [0.29, 0.717) is 25.7 Å². The van der Waals surface area contributed by atoms with Gasteiger partial charge in [-0.3, -0.25) is 0 Å². The molecule has 0 radical (unpaired) electrons. The highest BCUT2D eigenvalue weighted by Crippen LogP contribution is 2.29. The zero-order chi connectivity index (χ0) is 20.1. The first-order valence-corrected chi connectivity index (χ1v) is 10.1. The molecule has 28 heavy (non-hydrogen) atoms. The van der Waals surface area contributed by atoms with Gasteiger partial charge in [0.25, 0.3) is 0 Å². The average molecular weight is 392 g/mol. The fourth-order valence-corrected chi connectivity index (χ4v) is 4.08. The molecule has 0 aromatic heterocycles. The van der Waals surface area contributed by atoms with Gasteiger partial charge in [-0.1, -0.05) is 6.07 Å². The van der Waals surface area contributed by atoms with Gasteiger partial charge in [0.2, 0.25) is 0 Å². The molecule has 0 spiro atoms. The third kappa shape index (κ3) is 5.29. The van der Waals surface area contributed by atoms with Crippen molar-refractivity contribution < 1.29 is 24.1 Å². The molecule has 2 saturated heterocycles. The van der Waals surface area contributed by atoms with Crippen LogP contribution in [0.5, 0.6) is 5.75 Å². The van der Waals surface area contributed by atoms with Crippen molar-refractivity contribution in [2.24, 2.45) is 0 Å². The van der Waals surface area contributed by atoms with Crippen LogP contribution in [0.1, 0.15) is 39.5 Å². The Labute approximate surface area is 167 Å². The van der Waals surface area contributed by atoms with Gasteiger partial charge in [-0.25, -0.2) is 4.79 Å². The second kappa shape index (κ2) is 9.01. The highest BCUT2D eigenvalue weighted by molar-refractivity contribution is 5.65. The molecular weight excluding hydrogens is 360 g/mol. The van der Waals surface area contributed by atoms with Gasteiger partial charge in [-0.2, -0.15) is 0 Å². The molecule has 0 aliphatic carbocycles. The van der Waals surface area contributed by atoms with E-state index in [1.807, 2.05) is 26.0 Å². The Morgan fingerprint density at radius 3 is 2.71 bits per heavy atom. The van der Waals surface area contributed by atoms with Crippen LogP contribution in [-0.2, 0) is 9.47 Å². The number of rotatable bonds is 7. The van der Waals surface area contributed by atoms with Gasteiger partial charge in [0, 0.05) is 37.4 Å². The maximum atomic E-state index is 11.2. The van der Waals surface area contributed by atoms with Crippen LogP contribution in [0, 0.1) is 0 Å². The van der Waals surface area contributed by atoms with Crippen LogP contribution in [0.4, 0.5) is 10.5 Å². The van der Waals surface area contributed by atoms with Crippen LogP contribution in [0.25, 0.3) is 0 Å². The molecule has 1 unspecified atom stereocenters. The maximum Gasteiger partial charge on any atom is 0.407 e. The van der Waals surface area contributed by atoms with Crippen LogP contribution >= 0.6 is 0 Å². The van der Waals surface area contributed by atoms with E-state index in [2.05, 4.69) is 17.0 Å². The molecule has 0 bridgehead atoms. The minimum atomic E-state index is -0.827. The lowest BCUT2D eigenvalue weighted by molar-refractivity contribution is -0.138. The van der Waals surface area contributed by atoms with Crippen molar-refractivity contribution in [3.63, 3.8) is 0 Å². The number of hydrogen-bond acceptors (Lipinski definition) is 5. The predicted octanol–water partition coefficient (Wildman–Crippen LogP) is 3.58. The maximum absolute atomic E-state index is 11.2. The Bertz CT molecular complexity index is 658. The Kier molecular flexibility index (Phi) is 6.67. The van der Waals surface area contributed by atoms with Gasteiger partial charge in [0.1, 0.15) is 5.75 Å². The summed E-state index contributed by atoms with van der Waals surface area (Å²) in [5, 5.41) is 9.22. The van der Waals surface area contributed by atoms with E-state index >= 15 is 0 Å². The second-order valence-electron chi connectivity index (χ2n) is 7.99. The van der Waals surface area contributed by atoms with E-state index in [0.717, 1.165) is 43.7 Å². The van der Waals surface area contributed by atoms with Gasteiger partial charge in [0.15, 0.2) is 5.79 Å². The number of amides is 1. The zero-order valence-corrected chi connectivity index (χ0v) is 17.1. The number of benzene rings is 1. The first-order valence-electron chi connectivity index (χ1n) is 10.1. The molecule has 7 nitrogen and oxygen atoms in total. The smallest absolute Gasteiger partial charge is 0.407 e. The SMILES string of the molecule is COc1cccc(N(CCCC2COC(C)(C)O2)C2CCN(C(=O)O)CC2)c1. The van der Waals surface area contributed by atoms with Crippen LogP contribution in [0.3, 0.4) is 0 Å². The number of anilines is 1. The molecule has 156 valence electrons. The Morgan fingerprint density at radius 2 is 2.11 bits per heavy atom. The molecule has 2 aliphatic heterocycles. The number of ether oxygens (including phenoxy) is 3. The summed E-state index contributed by atoms with van der Waals surface area (Å²) < 4.78 is 17.0. The van der Waals surface area contributed by atoms with E-state index in [4.69, 9.17) is 14.2 Å². The third-order valence-electron chi connectivity index (χ3n) is 5.55. The molecule has 7 heteroatoms. The van der Waals surface area contributed by atoms with Crippen molar-refractivity contribution in [3.05, 3.63) is 24.3 Å². The molecular formula is C21H32N2O5. The van der Waals surface area contributed by atoms with Crippen molar-refractivity contribution in [3.8, 4) is 5.75 Å². The van der Waals surface area contributed by atoms with Crippen molar-refractivity contribution >= 4 is 11.8 Å². The van der Waals surface area contributed by atoms with Gasteiger partial charge in [0.05, 0.1) is 19.8 Å². The number of piperidine rings is 1. The summed E-state index contributed by atoms with van der Waals surface area (Å²) in [6.07, 6.45) is 2.90. The fourth-order valence-electron chi connectivity index (χ4n) is 4.08. The van der Waals surface area contributed by atoms with E-state index in [9.17, 15) is 9.90 Å². The number of likely N-dealkylation sites (tertiary alicyclic amines) is 1. The number of methoxy groups -OCH3 is 1. The average Bonchev–Trinajstić information content (AvgIpc) is 3.04. The highest BCUT2D eigenvalue weighted by Gasteiger charge is 2.32. The molecule has 1 aromatic rings. The Balaban J connectivity index is 1.64. The third-order valence-corrected chi connectivity index (χ3v) is 5.55. The fraction of sp³-hybridized carbons (Fsp3) is 0.667. The Morgan fingerprint density at radius 1 is 1.36 bits per heavy atom. The molecule has 2 heterocycles. The van der Waals surface area contributed by atoms with Gasteiger partial charge in [-0.05, 0) is 51.7 Å². The lowest BCUT2D eigenvalue weighted by atomic mass is 10.0. The summed E-state index contributed by atoms with van der Waals surface area (Å²) in [7, 11) is 1.67. The quantitative estimate of drug-likeness (QED) is 0.765. The molecule has 3 rings (SSSR count). The van der Waals surface area contributed by atoms with Gasteiger partial charge in [-0.15, -0.1) is 0 Å². The lowest BCUT2D eigenvalue weighted by Gasteiger charge is -2.39. The molecule has 1 amide bonds. The number of carbonyl (C=O) groups is 1. The number of hydrogen-bond donors (Lipinski definition) is 1. The zero-order valence-electron chi connectivity index (χ0n) is 17.1. The first kappa shape index (κ1) is 20.7. The second-order valence-corrected chi connectivity index (χ2v) is 7.99. The summed E-state index contributed by atoms with van der Waals surface area (Å²) >= 11 is 0. The standard InChI is InChI=1S/C21H32N2O5/c1-21(2)27-15-19(28-21)8-5-11-23(17-6-4-7-18(14-17)26-3)16-9-12-22(13-10-16)20(24)25/h4,6-7,14,16,19H,5,8-13,15H2,1-3H3,(H,24,25). The minimum absolute atomic E-state index is 0.135. The van der Waals surface area contributed by atoms with Gasteiger partial charge < -0.3 is 29.1 Å². The van der Waals surface area contributed by atoms with E-state index in [1.54, 1.807) is 7.11 Å². The molecule has 0 saturated carbocycles. The number of carboxylic acid groups (broad SMARTS) is 1. The summed E-state index contributed by atoms with van der Waals surface area (Å²) in [5.41, 5.74) is 1.12. The largest absolute Gasteiger partial charge is 0.497 e. The van der Waals surface area contributed by atoms with Crippen molar-refractivity contribution in [1.82, 2.24) is 4.90 Å². The molecule has 1 aromatic carbocycles. The summed E-state index contributed by atoms with van der Waals surface area (Å²) in [6.45, 7) is 6.59. The van der Waals surface area contributed by atoms with E-state index in [1.165, 1.54) is 4.90 Å². The Hall–Kier alpha value is -1.99. The van der Waals surface area contributed by atoms with E-state index < -0.39 is 11.9 Å². The lowest BCUT2D eigenvalue weighted by Crippen LogP contribution is -2.47. The molecule has 1 atom stereocenters. The normalized spacial score (nSPS) is 22.2. The summed E-state index contributed by atoms with van der Waals surface area (Å²) in [4.78, 5) is 15.1. The first-order chi connectivity index (χ1) is 13.4. The van der Waals surface area contributed by atoms with Crippen LogP contribution < -0.4 is 9.64 Å². The van der Waals surface area contributed by atoms with Crippen LogP contribution in [-0.4, -0.2) is 67.4 Å². The topological polar surface area (TPSA) is 71.5 Å². The van der Waals surface area contributed by atoms with Gasteiger partial charge >= 0.3 is 6.09 Å². The van der Waals surface area contributed by atoms with Crippen LogP contribution in [0.2, 0.25) is 0 Å². The predicted molar refractivity (Wildman–Crippen MR) is 107 cm³/mol. The summed E-state index contributed by atoms with van der Waals surface area (Å²) in [5.74, 6) is 0.348. The summed E-state index contributed by atoms with van der Waals surface area (Å²) in [6, 6.07) is 8.43. The van der Waals surface area contributed by atoms with Crippen molar-refractivity contribution in [2.45, 2.75) is 57.5 Å². The minimum Gasteiger partial charge on any atom is -0.497 e.